The molecule has 1 aromatic heterocycles. The van der Waals surface area contributed by atoms with Crippen molar-refractivity contribution in [2.24, 2.45) is 0 Å². The maximum absolute atomic E-state index is 12.7. The van der Waals surface area contributed by atoms with E-state index >= 15 is 0 Å². The molecule has 8 nitrogen and oxygen atoms in total. The molecule has 1 aliphatic heterocycles. The maximum Gasteiger partial charge on any atom is 0.348 e. The van der Waals surface area contributed by atoms with E-state index in [9.17, 15) is 14.4 Å². The molecule has 0 fully saturated rings. The quantitative estimate of drug-likeness (QED) is 0.478. The van der Waals surface area contributed by atoms with Crippen LogP contribution in [0.5, 0.6) is 11.5 Å². The highest BCUT2D eigenvalue weighted by Gasteiger charge is 2.28. The Balaban J connectivity index is 1.83. The minimum absolute atomic E-state index is 0.143. The highest BCUT2D eigenvalue weighted by molar-refractivity contribution is 7.18. The molecule has 3 rings (SSSR count). The van der Waals surface area contributed by atoms with Crippen LogP contribution in [0.1, 0.15) is 58.9 Å². The van der Waals surface area contributed by atoms with Crippen molar-refractivity contribution < 1.29 is 33.3 Å². The Morgan fingerprint density at radius 2 is 1.69 bits per heavy atom. The Morgan fingerprint density at radius 3 is 2.38 bits per heavy atom. The fourth-order valence-corrected chi connectivity index (χ4v) is 4.01. The molecule has 0 saturated heterocycles. The number of carbonyl (C=O) groups excluding carboxylic acids is 3. The van der Waals surface area contributed by atoms with Crippen LogP contribution in [0.4, 0.5) is 5.00 Å². The van der Waals surface area contributed by atoms with Gasteiger partial charge in [-0.25, -0.2) is 9.59 Å². The van der Waals surface area contributed by atoms with Gasteiger partial charge in [0.05, 0.1) is 17.8 Å². The summed E-state index contributed by atoms with van der Waals surface area (Å²) in [7, 11) is 0. The van der Waals surface area contributed by atoms with Crippen molar-refractivity contribution in [1.82, 2.24) is 0 Å². The van der Waals surface area contributed by atoms with Crippen LogP contribution >= 0.6 is 11.3 Å². The standard InChI is InChI=1S/C23H25NO7S/c1-12(2)30-22(26)19-14(5)20(23(27)31-13(3)4)32-21(19)24-18(25)9-7-15-6-8-16-17(10-15)29-11-28-16/h6-10,12-13H,11H2,1-5H3,(H,24,25)/b9-7+. The SMILES string of the molecule is Cc1c(C(=O)OC(C)C)sc(NC(=O)/C=C/c2ccc3c(c2)OCO3)c1C(=O)OC(C)C. The predicted molar refractivity (Wildman–Crippen MR) is 120 cm³/mol. The van der Waals surface area contributed by atoms with Crippen LogP contribution in [-0.2, 0) is 14.3 Å². The van der Waals surface area contributed by atoms with Gasteiger partial charge in [-0.3, -0.25) is 4.79 Å². The third kappa shape index (κ3) is 5.47. The molecular formula is C23H25NO7S. The largest absolute Gasteiger partial charge is 0.459 e. The maximum atomic E-state index is 12.7. The molecule has 0 saturated carbocycles. The van der Waals surface area contributed by atoms with Crippen molar-refractivity contribution >= 4 is 40.3 Å². The predicted octanol–water partition coefficient (Wildman–Crippen LogP) is 4.57. The summed E-state index contributed by atoms with van der Waals surface area (Å²) in [6.07, 6.45) is 2.26. The van der Waals surface area contributed by atoms with E-state index in [2.05, 4.69) is 5.32 Å². The van der Waals surface area contributed by atoms with E-state index in [4.69, 9.17) is 18.9 Å². The van der Waals surface area contributed by atoms with Crippen molar-refractivity contribution in [3.63, 3.8) is 0 Å². The van der Waals surface area contributed by atoms with Crippen LogP contribution < -0.4 is 14.8 Å². The van der Waals surface area contributed by atoms with Gasteiger partial charge in [0.15, 0.2) is 11.5 Å². The van der Waals surface area contributed by atoms with Crippen LogP contribution in [0.15, 0.2) is 24.3 Å². The van der Waals surface area contributed by atoms with E-state index in [1.807, 2.05) is 0 Å². The first-order chi connectivity index (χ1) is 15.2. The van der Waals surface area contributed by atoms with Gasteiger partial charge in [-0.05, 0) is 64.0 Å². The lowest BCUT2D eigenvalue weighted by Gasteiger charge is -2.10. The van der Waals surface area contributed by atoms with Crippen molar-refractivity contribution in [3.8, 4) is 11.5 Å². The number of amides is 1. The zero-order valence-corrected chi connectivity index (χ0v) is 19.3. The van der Waals surface area contributed by atoms with Gasteiger partial charge in [0.25, 0.3) is 0 Å². The molecular weight excluding hydrogens is 434 g/mol. The normalized spacial score (nSPS) is 12.5. The fraction of sp³-hybridized carbons (Fsp3) is 0.348. The molecule has 1 amide bonds. The Labute approximate surface area is 190 Å². The summed E-state index contributed by atoms with van der Waals surface area (Å²) >= 11 is 0.980. The van der Waals surface area contributed by atoms with Gasteiger partial charge in [-0.1, -0.05) is 6.07 Å². The van der Waals surface area contributed by atoms with Crippen LogP contribution in [-0.4, -0.2) is 36.8 Å². The average molecular weight is 460 g/mol. The van der Waals surface area contributed by atoms with Crippen LogP contribution in [0, 0.1) is 6.92 Å². The minimum atomic E-state index is -0.618. The third-order valence-corrected chi connectivity index (χ3v) is 5.47. The van der Waals surface area contributed by atoms with Crippen LogP contribution in [0.25, 0.3) is 6.08 Å². The molecule has 0 unspecified atom stereocenters. The molecule has 0 radical (unpaired) electrons. The molecule has 170 valence electrons. The van der Waals surface area contributed by atoms with E-state index in [1.54, 1.807) is 58.9 Å². The highest BCUT2D eigenvalue weighted by atomic mass is 32.1. The first-order valence-electron chi connectivity index (χ1n) is 10.1. The van der Waals surface area contributed by atoms with Gasteiger partial charge >= 0.3 is 11.9 Å². The van der Waals surface area contributed by atoms with E-state index in [-0.39, 0.29) is 34.4 Å². The number of benzene rings is 1. The average Bonchev–Trinajstić information content (AvgIpc) is 3.29. The molecule has 1 N–H and O–H groups in total. The van der Waals surface area contributed by atoms with Crippen molar-refractivity contribution in [1.29, 1.82) is 0 Å². The lowest BCUT2D eigenvalue weighted by atomic mass is 10.1. The van der Waals surface area contributed by atoms with Crippen LogP contribution in [0.2, 0.25) is 0 Å². The van der Waals surface area contributed by atoms with Crippen molar-refractivity contribution in [3.05, 3.63) is 45.8 Å². The summed E-state index contributed by atoms with van der Waals surface area (Å²) in [4.78, 5) is 37.9. The highest BCUT2D eigenvalue weighted by Crippen LogP contribution is 2.35. The Bertz CT molecular complexity index is 1070. The third-order valence-electron chi connectivity index (χ3n) is 4.28. The first kappa shape index (κ1) is 23.3. The molecule has 32 heavy (non-hydrogen) atoms. The number of esters is 2. The number of nitrogens with one attached hydrogen (secondary N) is 1. The van der Waals surface area contributed by atoms with Gasteiger partial charge in [-0.2, -0.15) is 0 Å². The number of anilines is 1. The lowest BCUT2D eigenvalue weighted by molar-refractivity contribution is -0.111. The summed E-state index contributed by atoms with van der Waals surface area (Å²) in [5, 5.41) is 2.91. The lowest BCUT2D eigenvalue weighted by Crippen LogP contribution is -2.16. The Kier molecular flexibility index (Phi) is 7.19. The molecule has 0 bridgehead atoms. The smallest absolute Gasteiger partial charge is 0.348 e. The molecule has 1 aliphatic rings. The van der Waals surface area contributed by atoms with E-state index in [1.165, 1.54) is 6.08 Å². The van der Waals surface area contributed by atoms with E-state index < -0.39 is 17.8 Å². The number of thiophene rings is 1. The number of hydrogen-bond donors (Lipinski definition) is 1. The van der Waals surface area contributed by atoms with Gasteiger partial charge in [-0.15, -0.1) is 11.3 Å². The topological polar surface area (TPSA) is 100 Å². The monoisotopic (exact) mass is 459 g/mol. The van der Waals surface area contributed by atoms with Gasteiger partial charge in [0.2, 0.25) is 12.7 Å². The minimum Gasteiger partial charge on any atom is -0.459 e. The van der Waals surface area contributed by atoms with E-state index in [0.717, 1.165) is 16.9 Å². The second-order valence-electron chi connectivity index (χ2n) is 7.60. The first-order valence-corrected chi connectivity index (χ1v) is 10.9. The second-order valence-corrected chi connectivity index (χ2v) is 8.62. The second kappa shape index (κ2) is 9.86. The fourth-order valence-electron chi connectivity index (χ4n) is 2.92. The van der Waals surface area contributed by atoms with Crippen LogP contribution in [0.3, 0.4) is 0 Å². The number of fused-ring (bicyclic) bond motifs is 1. The number of carbonyl (C=O) groups is 3. The Hall–Kier alpha value is -3.33. The molecule has 0 spiro atoms. The summed E-state index contributed by atoms with van der Waals surface area (Å²) in [5.74, 6) is -0.389. The molecule has 0 atom stereocenters. The summed E-state index contributed by atoms with van der Waals surface area (Å²) in [6.45, 7) is 8.70. The summed E-state index contributed by atoms with van der Waals surface area (Å²) in [6, 6.07) is 5.31. The Morgan fingerprint density at radius 1 is 1.03 bits per heavy atom. The zero-order chi connectivity index (χ0) is 23.4. The van der Waals surface area contributed by atoms with E-state index in [0.29, 0.717) is 17.1 Å². The molecule has 2 aromatic rings. The van der Waals surface area contributed by atoms with Gasteiger partial charge in [0, 0.05) is 6.08 Å². The number of ether oxygens (including phenoxy) is 4. The zero-order valence-electron chi connectivity index (χ0n) is 18.5. The van der Waals surface area contributed by atoms with Gasteiger partial charge < -0.3 is 24.3 Å². The molecule has 0 aliphatic carbocycles. The molecule has 9 heteroatoms. The summed E-state index contributed by atoms with van der Waals surface area (Å²) < 4.78 is 21.2. The molecule has 2 heterocycles. The van der Waals surface area contributed by atoms with Crippen molar-refractivity contribution in [2.45, 2.75) is 46.8 Å². The van der Waals surface area contributed by atoms with Gasteiger partial charge in [0.1, 0.15) is 9.88 Å². The summed E-state index contributed by atoms with van der Waals surface area (Å²) in [5.41, 5.74) is 1.29. The van der Waals surface area contributed by atoms with Crippen molar-refractivity contribution in [2.75, 3.05) is 12.1 Å². The number of hydrogen-bond acceptors (Lipinski definition) is 8. The molecule has 1 aromatic carbocycles. The number of rotatable bonds is 7.